The molecule has 5 atom stereocenters. The van der Waals surface area contributed by atoms with Crippen LogP contribution in [0.5, 0.6) is 0 Å². The minimum atomic E-state index is -3.51. The van der Waals surface area contributed by atoms with Gasteiger partial charge in [0.05, 0.1) is 12.0 Å². The molecule has 1 aromatic rings. The van der Waals surface area contributed by atoms with E-state index in [4.69, 9.17) is 4.74 Å². The molecule has 180 valence electrons. The van der Waals surface area contributed by atoms with E-state index in [2.05, 4.69) is 6.92 Å². The molecule has 1 aromatic carbocycles. The van der Waals surface area contributed by atoms with E-state index in [1.54, 1.807) is 16.4 Å². The van der Waals surface area contributed by atoms with Crippen LogP contribution in [0.4, 0.5) is 4.79 Å². The molecular formula is C26H36N2O4S. The molecule has 0 N–H and O–H groups in total. The van der Waals surface area contributed by atoms with E-state index in [1.165, 1.54) is 24.7 Å². The Morgan fingerprint density at radius 1 is 1.12 bits per heavy atom. The summed E-state index contributed by atoms with van der Waals surface area (Å²) in [5.74, 6) is 2.04. The topological polar surface area (TPSA) is 66.9 Å². The molecule has 6 nitrogen and oxygen atoms in total. The van der Waals surface area contributed by atoms with Crippen molar-refractivity contribution < 1.29 is 17.9 Å². The second kappa shape index (κ2) is 8.73. The van der Waals surface area contributed by atoms with Crippen molar-refractivity contribution in [3.63, 3.8) is 0 Å². The summed E-state index contributed by atoms with van der Waals surface area (Å²) in [4.78, 5) is 15.0. The van der Waals surface area contributed by atoms with E-state index in [-0.39, 0.29) is 6.09 Å². The number of carbonyl (C=O) groups excluding carboxylic acids is 1. The molecule has 4 aliphatic rings. The number of piperidine rings is 2. The van der Waals surface area contributed by atoms with Gasteiger partial charge < -0.3 is 9.64 Å². The number of amides is 1. The fraction of sp³-hybridized carbons (Fsp3) is 0.654. The SMILES string of the molecule is COC(=O)N1C[C@H]2C[C@@H]3[C@H](C/C2=C2/CCCN(S(=O)(=O)c4ccc(C)cc4)C2)C[C@@H](C)C[C@@H]31. The number of rotatable bonds is 2. The van der Waals surface area contributed by atoms with Gasteiger partial charge in [0.15, 0.2) is 0 Å². The van der Waals surface area contributed by atoms with Gasteiger partial charge in [-0.15, -0.1) is 0 Å². The predicted octanol–water partition coefficient (Wildman–Crippen LogP) is 4.60. The summed E-state index contributed by atoms with van der Waals surface area (Å²) in [5.41, 5.74) is 3.78. The van der Waals surface area contributed by atoms with Crippen molar-refractivity contribution in [2.45, 2.75) is 63.3 Å². The van der Waals surface area contributed by atoms with Gasteiger partial charge in [-0.25, -0.2) is 13.2 Å². The van der Waals surface area contributed by atoms with Gasteiger partial charge in [-0.1, -0.05) is 35.8 Å². The largest absolute Gasteiger partial charge is 0.453 e. The van der Waals surface area contributed by atoms with Crippen LogP contribution in [-0.2, 0) is 14.8 Å². The van der Waals surface area contributed by atoms with Gasteiger partial charge in [0.2, 0.25) is 10.0 Å². The first-order valence-corrected chi connectivity index (χ1v) is 13.8. The molecule has 2 aliphatic carbocycles. The summed E-state index contributed by atoms with van der Waals surface area (Å²) in [6.45, 7) is 6.02. The molecule has 7 heteroatoms. The zero-order valence-corrected chi connectivity index (χ0v) is 20.8. The lowest BCUT2D eigenvalue weighted by Crippen LogP contribution is -2.58. The minimum Gasteiger partial charge on any atom is -0.453 e. The number of ether oxygens (including phenoxy) is 1. The average Bonchev–Trinajstić information content (AvgIpc) is 2.82. The third kappa shape index (κ3) is 4.12. The number of hydrogen-bond acceptors (Lipinski definition) is 4. The Morgan fingerprint density at radius 3 is 2.61 bits per heavy atom. The maximum Gasteiger partial charge on any atom is 0.409 e. The molecule has 0 unspecified atom stereocenters. The molecule has 0 aromatic heterocycles. The third-order valence-electron chi connectivity index (χ3n) is 8.57. The van der Waals surface area contributed by atoms with Crippen LogP contribution in [0.2, 0.25) is 0 Å². The zero-order valence-electron chi connectivity index (χ0n) is 20.0. The molecule has 2 saturated carbocycles. The predicted molar refractivity (Wildman–Crippen MR) is 127 cm³/mol. The smallest absolute Gasteiger partial charge is 0.409 e. The summed E-state index contributed by atoms with van der Waals surface area (Å²) in [6.07, 6.45) is 6.06. The van der Waals surface area contributed by atoms with Crippen molar-refractivity contribution in [1.29, 1.82) is 0 Å². The monoisotopic (exact) mass is 472 g/mol. The van der Waals surface area contributed by atoms with Crippen LogP contribution in [-0.4, -0.2) is 56.5 Å². The number of nitrogens with zero attached hydrogens (tertiary/aromatic N) is 2. The summed E-state index contributed by atoms with van der Waals surface area (Å²) >= 11 is 0. The second-order valence-electron chi connectivity index (χ2n) is 10.7. The zero-order chi connectivity index (χ0) is 23.3. The highest BCUT2D eigenvalue weighted by Crippen LogP contribution is 2.52. The highest BCUT2D eigenvalue weighted by atomic mass is 32.2. The Labute approximate surface area is 198 Å². The van der Waals surface area contributed by atoms with Crippen molar-refractivity contribution in [2.75, 3.05) is 26.7 Å². The quantitative estimate of drug-likeness (QED) is 0.590. The van der Waals surface area contributed by atoms with E-state index in [0.717, 1.165) is 37.7 Å². The minimum absolute atomic E-state index is 0.207. The molecule has 33 heavy (non-hydrogen) atoms. The van der Waals surface area contributed by atoms with Crippen LogP contribution in [0.15, 0.2) is 40.3 Å². The molecule has 2 heterocycles. The van der Waals surface area contributed by atoms with Gasteiger partial charge in [-0.05, 0) is 81.3 Å². The number of methoxy groups -OCH3 is 1. The van der Waals surface area contributed by atoms with Gasteiger partial charge in [-0.3, -0.25) is 0 Å². The maximum atomic E-state index is 13.4. The highest BCUT2D eigenvalue weighted by Gasteiger charge is 2.50. The average molecular weight is 473 g/mol. The number of aryl methyl sites for hydroxylation is 1. The van der Waals surface area contributed by atoms with E-state index in [0.29, 0.717) is 54.2 Å². The molecule has 2 aliphatic heterocycles. The van der Waals surface area contributed by atoms with Gasteiger partial charge in [-0.2, -0.15) is 4.31 Å². The molecule has 0 radical (unpaired) electrons. The Bertz CT molecular complexity index is 1050. The Balaban J connectivity index is 1.45. The van der Waals surface area contributed by atoms with Crippen molar-refractivity contribution in [1.82, 2.24) is 9.21 Å². The van der Waals surface area contributed by atoms with Crippen LogP contribution in [0.3, 0.4) is 0 Å². The number of carbonyl (C=O) groups is 1. The van der Waals surface area contributed by atoms with E-state index < -0.39 is 10.0 Å². The number of benzene rings is 1. The molecular weight excluding hydrogens is 436 g/mol. The first-order valence-electron chi connectivity index (χ1n) is 12.4. The van der Waals surface area contributed by atoms with Crippen LogP contribution >= 0.6 is 0 Å². The van der Waals surface area contributed by atoms with E-state index in [9.17, 15) is 13.2 Å². The molecule has 2 bridgehead atoms. The Hall–Kier alpha value is -1.86. The standard InChI is InChI=1S/C26H36N2O4S/c1-17-6-8-22(9-7-17)33(30,31)27-10-4-5-19(15-27)23-13-20-11-18(2)12-25-24(20)14-21(23)16-28(25)26(29)32-3/h6-9,18,20-21,24-25H,4-5,10-16H2,1-3H3/b23-19+/t18-,20+,21-,24-,25+/m1/s1. The fourth-order valence-electron chi connectivity index (χ4n) is 7.04. The van der Waals surface area contributed by atoms with Gasteiger partial charge in [0, 0.05) is 25.7 Å². The summed E-state index contributed by atoms with van der Waals surface area (Å²) in [5, 5.41) is 0. The lowest BCUT2D eigenvalue weighted by Gasteiger charge is -2.55. The lowest BCUT2D eigenvalue weighted by molar-refractivity contribution is -0.0239. The van der Waals surface area contributed by atoms with Crippen molar-refractivity contribution in [3.05, 3.63) is 41.0 Å². The second-order valence-corrected chi connectivity index (χ2v) is 12.6. The van der Waals surface area contributed by atoms with Crippen LogP contribution in [0.25, 0.3) is 0 Å². The van der Waals surface area contributed by atoms with Crippen LogP contribution in [0, 0.1) is 30.6 Å². The highest BCUT2D eigenvalue weighted by molar-refractivity contribution is 7.89. The van der Waals surface area contributed by atoms with Gasteiger partial charge in [0.1, 0.15) is 0 Å². The summed E-state index contributed by atoms with van der Waals surface area (Å²) < 4.78 is 33.6. The van der Waals surface area contributed by atoms with Crippen molar-refractivity contribution in [2.24, 2.45) is 23.7 Å². The summed E-state index contributed by atoms with van der Waals surface area (Å²) in [7, 11) is -2.03. The summed E-state index contributed by atoms with van der Waals surface area (Å²) in [6, 6.07) is 7.45. The van der Waals surface area contributed by atoms with Crippen LogP contribution in [0.1, 0.15) is 51.0 Å². The number of fused-ring (bicyclic) bond motifs is 1. The third-order valence-corrected chi connectivity index (χ3v) is 10.4. The lowest BCUT2D eigenvalue weighted by atomic mass is 9.58. The van der Waals surface area contributed by atoms with Gasteiger partial charge in [0.25, 0.3) is 0 Å². The Kier molecular flexibility index (Phi) is 6.06. The number of hydrogen-bond donors (Lipinski definition) is 0. The van der Waals surface area contributed by atoms with Crippen LogP contribution < -0.4 is 0 Å². The fourth-order valence-corrected chi connectivity index (χ4v) is 8.51. The molecule has 4 fully saturated rings. The van der Waals surface area contributed by atoms with Gasteiger partial charge >= 0.3 is 6.09 Å². The number of likely N-dealkylation sites (tertiary alicyclic amines) is 1. The first kappa shape index (κ1) is 22.9. The maximum absolute atomic E-state index is 13.4. The molecule has 0 spiro atoms. The first-order chi connectivity index (χ1) is 15.8. The van der Waals surface area contributed by atoms with E-state index >= 15 is 0 Å². The van der Waals surface area contributed by atoms with Crippen molar-refractivity contribution >= 4 is 16.1 Å². The molecule has 5 rings (SSSR count). The Morgan fingerprint density at radius 2 is 1.88 bits per heavy atom. The van der Waals surface area contributed by atoms with E-state index in [1.807, 2.05) is 24.0 Å². The molecule has 1 amide bonds. The normalized spacial score (nSPS) is 34.8. The molecule has 2 saturated heterocycles. The van der Waals surface area contributed by atoms with Crippen molar-refractivity contribution in [3.8, 4) is 0 Å². The number of sulfonamides is 1.